The first-order valence-electron chi connectivity index (χ1n) is 4.96. The molecule has 0 saturated heterocycles. The summed E-state index contributed by atoms with van der Waals surface area (Å²) in [4.78, 5) is 29.0. The number of hydrogen-bond donors (Lipinski definition) is 2. The number of rotatable bonds is 3. The van der Waals surface area contributed by atoms with Crippen LogP contribution >= 0.6 is 15.9 Å². The molecule has 88 valence electrons. The minimum Gasteiger partial charge on any atom is -0.481 e. The quantitative estimate of drug-likeness (QED) is 0.903. The van der Waals surface area contributed by atoms with Gasteiger partial charge in [0, 0.05) is 10.9 Å². The number of aryl methyl sites for hydroxylation is 1. The number of hydrogen-bond acceptors (Lipinski definition) is 3. The summed E-state index contributed by atoms with van der Waals surface area (Å²) >= 11 is 3.28. The highest BCUT2D eigenvalue weighted by Crippen LogP contribution is 2.15. The number of aliphatic carboxylic acids is 1. The lowest BCUT2D eigenvalue weighted by molar-refractivity contribution is -0.137. The molecule has 1 aromatic heterocycles. The Kier molecular flexibility index (Phi) is 3.23. The van der Waals surface area contributed by atoms with Crippen molar-refractivity contribution in [2.24, 2.45) is 0 Å². The Balaban J connectivity index is 2.45. The van der Waals surface area contributed by atoms with Crippen molar-refractivity contribution < 1.29 is 9.90 Å². The van der Waals surface area contributed by atoms with Crippen LogP contribution in [-0.2, 0) is 11.2 Å². The highest BCUT2D eigenvalue weighted by Gasteiger charge is 2.06. The maximum Gasteiger partial charge on any atom is 0.303 e. The molecule has 0 aliphatic carbocycles. The SMILES string of the molecule is O=C(O)CCc1nc2ccc(Br)cc2c(=O)[nH]1. The van der Waals surface area contributed by atoms with Gasteiger partial charge in [0.1, 0.15) is 5.82 Å². The van der Waals surface area contributed by atoms with Gasteiger partial charge in [-0.15, -0.1) is 0 Å². The minimum absolute atomic E-state index is 0.0506. The molecule has 1 heterocycles. The minimum atomic E-state index is -0.913. The Labute approximate surface area is 105 Å². The van der Waals surface area contributed by atoms with Crippen LogP contribution in [0, 0.1) is 0 Å². The van der Waals surface area contributed by atoms with E-state index >= 15 is 0 Å². The summed E-state index contributed by atoms with van der Waals surface area (Å²) in [6.45, 7) is 0. The van der Waals surface area contributed by atoms with Gasteiger partial charge in [0.25, 0.3) is 5.56 Å². The highest BCUT2D eigenvalue weighted by atomic mass is 79.9. The Bertz CT molecular complexity index is 636. The molecule has 0 aliphatic heterocycles. The van der Waals surface area contributed by atoms with Crippen molar-refractivity contribution in [3.63, 3.8) is 0 Å². The second-order valence-electron chi connectivity index (χ2n) is 3.57. The standard InChI is InChI=1S/C11H9BrN2O3/c12-6-1-2-8-7(5-6)11(17)14-9(13-8)3-4-10(15)16/h1-2,5H,3-4H2,(H,15,16)(H,13,14,17). The predicted octanol–water partition coefficient (Wildman–Crippen LogP) is 1.70. The third-order valence-corrected chi connectivity index (χ3v) is 2.79. The molecule has 2 N–H and O–H groups in total. The van der Waals surface area contributed by atoms with Crippen molar-refractivity contribution in [3.05, 3.63) is 38.9 Å². The van der Waals surface area contributed by atoms with Crippen molar-refractivity contribution >= 4 is 32.8 Å². The van der Waals surface area contributed by atoms with Gasteiger partial charge in [0.15, 0.2) is 0 Å². The molecule has 17 heavy (non-hydrogen) atoms. The maximum atomic E-state index is 11.7. The predicted molar refractivity (Wildman–Crippen MR) is 66.0 cm³/mol. The van der Waals surface area contributed by atoms with Crippen molar-refractivity contribution in [2.75, 3.05) is 0 Å². The summed E-state index contributed by atoms with van der Waals surface area (Å²) < 4.78 is 0.801. The number of benzene rings is 1. The largest absolute Gasteiger partial charge is 0.481 e. The van der Waals surface area contributed by atoms with E-state index in [0.29, 0.717) is 16.7 Å². The monoisotopic (exact) mass is 296 g/mol. The normalized spacial score (nSPS) is 10.6. The molecular weight excluding hydrogens is 288 g/mol. The Morgan fingerprint density at radius 2 is 2.24 bits per heavy atom. The lowest BCUT2D eigenvalue weighted by atomic mass is 10.2. The number of nitrogens with one attached hydrogen (secondary N) is 1. The molecule has 1 aromatic carbocycles. The van der Waals surface area contributed by atoms with Gasteiger partial charge < -0.3 is 10.1 Å². The van der Waals surface area contributed by atoms with E-state index in [0.717, 1.165) is 4.47 Å². The smallest absolute Gasteiger partial charge is 0.303 e. The lowest BCUT2D eigenvalue weighted by Gasteiger charge is -2.01. The zero-order chi connectivity index (χ0) is 12.4. The first kappa shape index (κ1) is 11.8. The summed E-state index contributed by atoms with van der Waals surface area (Å²) in [5.74, 6) is -0.518. The second-order valence-corrected chi connectivity index (χ2v) is 4.48. The van der Waals surface area contributed by atoms with Crippen LogP contribution in [0.3, 0.4) is 0 Å². The topological polar surface area (TPSA) is 83.0 Å². The van der Waals surface area contributed by atoms with Crippen LogP contribution in [0.25, 0.3) is 10.9 Å². The Morgan fingerprint density at radius 3 is 2.94 bits per heavy atom. The number of aromatic nitrogens is 2. The van der Waals surface area contributed by atoms with Gasteiger partial charge in [-0.25, -0.2) is 4.98 Å². The number of carboxylic acid groups (broad SMARTS) is 1. The molecule has 5 nitrogen and oxygen atoms in total. The fraction of sp³-hybridized carbons (Fsp3) is 0.182. The second kappa shape index (κ2) is 4.67. The fourth-order valence-electron chi connectivity index (χ4n) is 1.50. The number of halogens is 1. The molecule has 0 spiro atoms. The van der Waals surface area contributed by atoms with E-state index in [9.17, 15) is 9.59 Å². The van der Waals surface area contributed by atoms with Gasteiger partial charge in [-0.3, -0.25) is 9.59 Å². The number of carboxylic acids is 1. The van der Waals surface area contributed by atoms with Crippen LogP contribution in [0.1, 0.15) is 12.2 Å². The number of carbonyl (C=O) groups is 1. The molecule has 0 bridgehead atoms. The third-order valence-electron chi connectivity index (χ3n) is 2.29. The molecule has 0 atom stereocenters. The van der Waals surface area contributed by atoms with Crippen LogP contribution in [0.2, 0.25) is 0 Å². The molecule has 6 heteroatoms. The van der Waals surface area contributed by atoms with E-state index in [2.05, 4.69) is 25.9 Å². The van der Waals surface area contributed by atoms with Crippen LogP contribution in [-0.4, -0.2) is 21.0 Å². The van der Waals surface area contributed by atoms with Crippen molar-refractivity contribution in [1.29, 1.82) is 0 Å². The van der Waals surface area contributed by atoms with Crippen LogP contribution in [0.15, 0.2) is 27.5 Å². The van der Waals surface area contributed by atoms with E-state index in [1.54, 1.807) is 18.2 Å². The van der Waals surface area contributed by atoms with Gasteiger partial charge >= 0.3 is 5.97 Å². The summed E-state index contributed by atoms with van der Waals surface area (Å²) in [6, 6.07) is 5.19. The van der Waals surface area contributed by atoms with E-state index in [-0.39, 0.29) is 18.4 Å². The van der Waals surface area contributed by atoms with Crippen molar-refractivity contribution in [3.8, 4) is 0 Å². The lowest BCUT2D eigenvalue weighted by Crippen LogP contribution is -2.13. The van der Waals surface area contributed by atoms with Crippen LogP contribution in [0.4, 0.5) is 0 Å². The molecular formula is C11H9BrN2O3. The Morgan fingerprint density at radius 1 is 1.47 bits per heavy atom. The molecule has 2 aromatic rings. The van der Waals surface area contributed by atoms with Crippen molar-refractivity contribution in [2.45, 2.75) is 12.8 Å². The molecule has 0 fully saturated rings. The number of H-pyrrole nitrogens is 1. The number of nitrogens with zero attached hydrogens (tertiary/aromatic N) is 1. The average Bonchev–Trinajstić information content (AvgIpc) is 2.27. The van der Waals surface area contributed by atoms with Crippen molar-refractivity contribution in [1.82, 2.24) is 9.97 Å². The zero-order valence-corrected chi connectivity index (χ0v) is 10.3. The summed E-state index contributed by atoms with van der Waals surface area (Å²) in [5.41, 5.74) is 0.314. The molecule has 0 amide bonds. The number of aromatic amines is 1. The summed E-state index contributed by atoms with van der Waals surface area (Å²) in [6.07, 6.45) is 0.168. The van der Waals surface area contributed by atoms with Gasteiger partial charge in [-0.05, 0) is 18.2 Å². The average molecular weight is 297 g/mol. The van der Waals surface area contributed by atoms with Gasteiger partial charge in [-0.1, -0.05) is 15.9 Å². The molecule has 0 unspecified atom stereocenters. The molecule has 0 aliphatic rings. The molecule has 2 rings (SSSR count). The van der Waals surface area contributed by atoms with Gasteiger partial charge in [0.2, 0.25) is 0 Å². The van der Waals surface area contributed by atoms with Crippen LogP contribution in [0.5, 0.6) is 0 Å². The summed E-state index contributed by atoms with van der Waals surface area (Å²) in [5, 5.41) is 9.05. The maximum absolute atomic E-state index is 11.7. The summed E-state index contributed by atoms with van der Waals surface area (Å²) in [7, 11) is 0. The van der Waals surface area contributed by atoms with Gasteiger partial charge in [0.05, 0.1) is 17.3 Å². The van der Waals surface area contributed by atoms with E-state index < -0.39 is 5.97 Å². The van der Waals surface area contributed by atoms with E-state index in [4.69, 9.17) is 5.11 Å². The van der Waals surface area contributed by atoms with E-state index in [1.165, 1.54) is 0 Å². The first-order chi connectivity index (χ1) is 8.06. The number of fused-ring (bicyclic) bond motifs is 1. The molecule has 0 saturated carbocycles. The zero-order valence-electron chi connectivity index (χ0n) is 8.74. The molecule has 0 radical (unpaired) electrons. The highest BCUT2D eigenvalue weighted by molar-refractivity contribution is 9.10. The van der Waals surface area contributed by atoms with Crippen LogP contribution < -0.4 is 5.56 Å². The first-order valence-corrected chi connectivity index (χ1v) is 5.76. The van der Waals surface area contributed by atoms with Gasteiger partial charge in [-0.2, -0.15) is 0 Å². The third kappa shape index (κ3) is 2.71. The van der Waals surface area contributed by atoms with E-state index in [1.807, 2.05) is 0 Å². The Hall–Kier alpha value is -1.69. The fourth-order valence-corrected chi connectivity index (χ4v) is 1.86.